The molecule has 3 aromatic heterocycles. The Kier molecular flexibility index (Phi) is 7.70. The Bertz CT molecular complexity index is 2900. The molecule has 1 aliphatic heterocycles. The number of imide groups is 1. The number of benzene rings is 5. The molecule has 4 heterocycles. The lowest BCUT2D eigenvalue weighted by Gasteiger charge is -2.24. The molecule has 0 spiro atoms. The van der Waals surface area contributed by atoms with Crippen LogP contribution in [0.2, 0.25) is 0 Å². The van der Waals surface area contributed by atoms with E-state index in [1.165, 1.54) is 18.2 Å². The Balaban J connectivity index is 1.29. The number of nitriles is 1. The number of aryl methyl sites for hydroxylation is 2. The first-order chi connectivity index (χ1) is 25.7. The highest BCUT2D eigenvalue weighted by molar-refractivity contribution is 7.22. The zero-order chi connectivity index (χ0) is 36.5. The van der Waals surface area contributed by atoms with E-state index in [4.69, 9.17) is 18.1 Å². The van der Waals surface area contributed by atoms with Crippen LogP contribution in [0.5, 0.6) is 0 Å². The average Bonchev–Trinajstić information content (AvgIpc) is 3.94. The first kappa shape index (κ1) is 32.7. The van der Waals surface area contributed by atoms with E-state index >= 15 is 0 Å². The van der Waals surface area contributed by atoms with Gasteiger partial charge in [-0.3, -0.25) is 14.5 Å². The van der Waals surface area contributed by atoms with Gasteiger partial charge in [0.1, 0.15) is 44.4 Å². The van der Waals surface area contributed by atoms with E-state index in [1.807, 2.05) is 12.1 Å². The predicted molar refractivity (Wildman–Crippen MR) is 214 cm³/mol. The minimum absolute atomic E-state index is 0.00543. The molecule has 0 saturated heterocycles. The molecule has 1 aliphatic rings. The fourth-order valence-electron chi connectivity index (χ4n) is 6.75. The summed E-state index contributed by atoms with van der Waals surface area (Å²) in [6.07, 6.45) is 0. The molecule has 0 unspecified atom stereocenters. The molecule has 5 aromatic carbocycles. The van der Waals surface area contributed by atoms with Crippen molar-refractivity contribution in [1.29, 1.82) is 5.26 Å². The number of fused-ring (bicyclic) bond motifs is 6. The topological polar surface area (TPSA) is 128 Å². The van der Waals surface area contributed by atoms with Crippen LogP contribution in [0.4, 0.5) is 22.1 Å². The number of hydrogen-bond donors (Lipinski definition) is 0. The number of hydrogen-bond acceptors (Lipinski definition) is 12. The number of likely N-dealkylation sites (N-methyl/N-ethyl adjacent to an activating group) is 1. The average molecular weight is 747 g/mol. The highest BCUT2D eigenvalue weighted by Gasteiger charge is 2.35. The summed E-state index contributed by atoms with van der Waals surface area (Å²) in [4.78, 5) is 34.9. The van der Waals surface area contributed by atoms with Crippen molar-refractivity contribution in [2.45, 2.75) is 20.8 Å². The SMILES string of the molecule is CC1=C(C#N)C(=O)N(C)C(=O)C1=Nc1cc2c(cc(-c3sc(N(c4ccc(C)cc4)c4ccc(C)cc4)c4ccccc34)c3nsnc32)c2nsnc12. The second kappa shape index (κ2) is 12.5. The second-order valence-corrected chi connectivity index (χ2v) is 14.9. The lowest BCUT2D eigenvalue weighted by Crippen LogP contribution is -2.44. The molecule has 256 valence electrons. The maximum Gasteiger partial charge on any atom is 0.279 e. The summed E-state index contributed by atoms with van der Waals surface area (Å²) >= 11 is 3.88. The van der Waals surface area contributed by atoms with Crippen LogP contribution in [0.3, 0.4) is 0 Å². The van der Waals surface area contributed by atoms with E-state index in [0.717, 1.165) is 82.2 Å². The van der Waals surface area contributed by atoms with E-state index in [9.17, 15) is 14.9 Å². The quantitative estimate of drug-likeness (QED) is 0.159. The first-order valence-corrected chi connectivity index (χ1v) is 18.8. The van der Waals surface area contributed by atoms with E-state index in [1.54, 1.807) is 18.3 Å². The van der Waals surface area contributed by atoms with E-state index < -0.39 is 11.8 Å². The molecular formula is C40H26N8O2S3. The molecule has 0 fully saturated rings. The van der Waals surface area contributed by atoms with Crippen molar-refractivity contribution in [1.82, 2.24) is 22.4 Å². The monoisotopic (exact) mass is 746 g/mol. The zero-order valence-corrected chi connectivity index (χ0v) is 31.2. The van der Waals surface area contributed by atoms with Gasteiger partial charge in [0.15, 0.2) is 0 Å². The number of carbonyl (C=O) groups is 2. The summed E-state index contributed by atoms with van der Waals surface area (Å²) in [5.74, 6) is -1.25. The summed E-state index contributed by atoms with van der Waals surface area (Å²) in [7, 11) is 1.34. The van der Waals surface area contributed by atoms with Crippen LogP contribution in [0.1, 0.15) is 18.1 Å². The van der Waals surface area contributed by atoms with Crippen molar-refractivity contribution in [2.24, 2.45) is 4.99 Å². The minimum atomic E-state index is -0.652. The number of rotatable bonds is 5. The van der Waals surface area contributed by atoms with Crippen LogP contribution in [-0.4, -0.2) is 47.0 Å². The van der Waals surface area contributed by atoms with E-state index in [0.29, 0.717) is 22.2 Å². The second-order valence-electron chi connectivity index (χ2n) is 12.9. The van der Waals surface area contributed by atoms with E-state index in [2.05, 4.69) is 102 Å². The Morgan fingerprint density at radius 2 is 1.26 bits per heavy atom. The van der Waals surface area contributed by atoms with Crippen LogP contribution in [-0.2, 0) is 9.59 Å². The molecule has 8 aromatic rings. The number of aromatic nitrogens is 4. The molecule has 53 heavy (non-hydrogen) atoms. The lowest BCUT2D eigenvalue weighted by molar-refractivity contribution is -0.136. The number of amides is 2. The van der Waals surface area contributed by atoms with Gasteiger partial charge in [-0.05, 0) is 57.2 Å². The summed E-state index contributed by atoms with van der Waals surface area (Å²) in [6.45, 7) is 5.75. The van der Waals surface area contributed by atoms with Crippen LogP contribution in [0.15, 0.2) is 101 Å². The highest BCUT2D eigenvalue weighted by Crippen LogP contribution is 2.51. The van der Waals surface area contributed by atoms with Crippen molar-refractivity contribution >= 4 is 118 Å². The van der Waals surface area contributed by atoms with Crippen molar-refractivity contribution in [3.63, 3.8) is 0 Å². The summed E-state index contributed by atoms with van der Waals surface area (Å²) in [5.41, 5.74) is 8.44. The molecule has 13 heteroatoms. The van der Waals surface area contributed by atoms with Crippen LogP contribution in [0.25, 0.3) is 54.1 Å². The third-order valence-electron chi connectivity index (χ3n) is 9.58. The molecule has 0 aliphatic carbocycles. The maximum atomic E-state index is 13.3. The van der Waals surface area contributed by atoms with Crippen LogP contribution < -0.4 is 4.90 Å². The Hall–Kier alpha value is -6.20. The lowest BCUT2D eigenvalue weighted by atomic mass is 9.98. The zero-order valence-electron chi connectivity index (χ0n) is 28.7. The molecule has 0 bridgehead atoms. The van der Waals surface area contributed by atoms with Gasteiger partial charge in [-0.2, -0.15) is 22.8 Å². The van der Waals surface area contributed by atoms with Crippen LogP contribution >= 0.6 is 34.8 Å². The molecule has 0 N–H and O–H groups in total. The maximum absolute atomic E-state index is 13.3. The molecule has 10 nitrogen and oxygen atoms in total. The van der Waals surface area contributed by atoms with Gasteiger partial charge in [-0.25, -0.2) is 4.99 Å². The Labute approximate surface area is 315 Å². The Morgan fingerprint density at radius 3 is 1.91 bits per heavy atom. The number of thiophene rings is 1. The molecule has 9 rings (SSSR count). The van der Waals surface area contributed by atoms with Crippen molar-refractivity contribution in [2.75, 3.05) is 11.9 Å². The van der Waals surface area contributed by atoms with Gasteiger partial charge in [0.2, 0.25) is 0 Å². The van der Waals surface area contributed by atoms with E-state index in [-0.39, 0.29) is 16.9 Å². The Morgan fingerprint density at radius 1 is 0.698 bits per heavy atom. The minimum Gasteiger partial charge on any atom is -0.301 e. The number of anilines is 3. The first-order valence-electron chi connectivity index (χ1n) is 16.6. The summed E-state index contributed by atoms with van der Waals surface area (Å²) in [5, 5.41) is 14.5. The van der Waals surface area contributed by atoms with Gasteiger partial charge in [0, 0.05) is 56.0 Å². The third-order valence-corrected chi connectivity index (χ3v) is 11.9. The van der Waals surface area contributed by atoms with Gasteiger partial charge >= 0.3 is 0 Å². The van der Waals surface area contributed by atoms with Gasteiger partial charge in [-0.15, -0.1) is 11.3 Å². The molecule has 0 radical (unpaired) electrons. The number of carbonyl (C=O) groups excluding carboxylic acids is 2. The highest BCUT2D eigenvalue weighted by atomic mass is 32.1. The molecule has 0 atom stereocenters. The van der Waals surface area contributed by atoms with Crippen molar-refractivity contribution in [3.05, 3.63) is 107 Å². The summed E-state index contributed by atoms with van der Waals surface area (Å²) < 4.78 is 18.9. The van der Waals surface area contributed by atoms with Gasteiger partial charge < -0.3 is 4.90 Å². The fraction of sp³-hybridized carbons (Fsp3) is 0.100. The molecule has 0 saturated carbocycles. The van der Waals surface area contributed by atoms with Gasteiger partial charge in [0.05, 0.1) is 29.1 Å². The smallest absolute Gasteiger partial charge is 0.279 e. The molecule has 2 amide bonds. The van der Waals surface area contributed by atoms with Crippen LogP contribution in [0, 0.1) is 25.2 Å². The third kappa shape index (κ3) is 5.14. The van der Waals surface area contributed by atoms with Crippen molar-refractivity contribution < 1.29 is 9.59 Å². The standard InChI is InChI=1S/C40H26N8O2S3/c1-20-9-13-23(14-10-20)48(24-15-11-21(2)12-16-24)40-26-8-6-5-7-25(26)37(51-40)29-17-27-28(33-35(29)45-52-43-33)18-31(36-34(27)44-53-46-36)42-32-22(3)30(19-41)38(49)47(4)39(32)50/h5-18H,1-4H3. The summed E-state index contributed by atoms with van der Waals surface area (Å²) in [6, 6.07) is 31.5. The number of nitrogens with zero attached hydrogens (tertiary/aromatic N) is 8. The van der Waals surface area contributed by atoms with Gasteiger partial charge in [-0.1, -0.05) is 59.7 Å². The largest absolute Gasteiger partial charge is 0.301 e. The molecular weight excluding hydrogens is 721 g/mol. The fourth-order valence-corrected chi connectivity index (χ4v) is 9.23. The predicted octanol–water partition coefficient (Wildman–Crippen LogP) is 9.73. The normalized spacial score (nSPS) is 14.4. The van der Waals surface area contributed by atoms with Crippen molar-refractivity contribution in [3.8, 4) is 16.5 Å². The number of aliphatic imine (C=N–C) groups is 1. The van der Waals surface area contributed by atoms with Gasteiger partial charge in [0.25, 0.3) is 11.8 Å².